The summed E-state index contributed by atoms with van der Waals surface area (Å²) >= 11 is 11.9. The summed E-state index contributed by atoms with van der Waals surface area (Å²) < 4.78 is 5.48. The zero-order valence-corrected chi connectivity index (χ0v) is 17.0. The van der Waals surface area contributed by atoms with Gasteiger partial charge in [0.1, 0.15) is 5.75 Å². The SMILES string of the molecule is Cc1cc(N2CCN(C)CC2)ccc1NC(=O)COc1cc(Cl)cc(Cl)c1. The average molecular weight is 408 g/mol. The first-order chi connectivity index (χ1) is 12.9. The Labute approximate surface area is 169 Å². The second-order valence-electron chi connectivity index (χ2n) is 6.73. The van der Waals surface area contributed by atoms with Gasteiger partial charge < -0.3 is 19.9 Å². The molecule has 1 aliphatic rings. The third-order valence-corrected chi connectivity index (χ3v) is 4.99. The number of hydrogen-bond donors (Lipinski definition) is 1. The number of anilines is 2. The molecule has 1 amide bonds. The number of carbonyl (C=O) groups excluding carboxylic acids is 1. The zero-order valence-electron chi connectivity index (χ0n) is 15.5. The van der Waals surface area contributed by atoms with Crippen molar-refractivity contribution in [1.29, 1.82) is 0 Å². The van der Waals surface area contributed by atoms with Gasteiger partial charge in [-0.05, 0) is 55.9 Å². The minimum Gasteiger partial charge on any atom is -0.484 e. The number of rotatable bonds is 5. The maximum Gasteiger partial charge on any atom is 0.262 e. The molecule has 1 N–H and O–H groups in total. The van der Waals surface area contributed by atoms with E-state index in [1.54, 1.807) is 18.2 Å². The number of piperazine rings is 1. The smallest absolute Gasteiger partial charge is 0.262 e. The van der Waals surface area contributed by atoms with Crippen molar-refractivity contribution in [3.63, 3.8) is 0 Å². The summed E-state index contributed by atoms with van der Waals surface area (Å²) in [4.78, 5) is 16.9. The van der Waals surface area contributed by atoms with E-state index in [0.717, 1.165) is 37.4 Å². The van der Waals surface area contributed by atoms with E-state index in [1.807, 2.05) is 19.1 Å². The maximum absolute atomic E-state index is 12.2. The molecule has 7 heteroatoms. The average Bonchev–Trinajstić information content (AvgIpc) is 2.62. The molecule has 2 aromatic rings. The van der Waals surface area contributed by atoms with Gasteiger partial charge in [-0.25, -0.2) is 0 Å². The molecule has 0 spiro atoms. The molecule has 0 saturated carbocycles. The van der Waals surface area contributed by atoms with Gasteiger partial charge in [0.25, 0.3) is 5.91 Å². The summed E-state index contributed by atoms with van der Waals surface area (Å²) in [6.07, 6.45) is 0. The molecule has 0 aromatic heterocycles. The summed E-state index contributed by atoms with van der Waals surface area (Å²) in [6.45, 7) is 6.02. The fraction of sp³-hybridized carbons (Fsp3) is 0.350. The molecule has 0 radical (unpaired) electrons. The van der Waals surface area contributed by atoms with E-state index in [4.69, 9.17) is 27.9 Å². The van der Waals surface area contributed by atoms with E-state index in [0.29, 0.717) is 15.8 Å². The molecular formula is C20H23Cl2N3O2. The molecule has 0 bridgehead atoms. The highest BCUT2D eigenvalue weighted by Gasteiger charge is 2.15. The van der Waals surface area contributed by atoms with Gasteiger partial charge in [-0.15, -0.1) is 0 Å². The van der Waals surface area contributed by atoms with Crippen molar-refractivity contribution in [2.45, 2.75) is 6.92 Å². The number of halogens is 2. The molecule has 2 aromatic carbocycles. The number of nitrogens with zero attached hydrogens (tertiary/aromatic N) is 2. The number of benzene rings is 2. The molecule has 0 aliphatic carbocycles. The van der Waals surface area contributed by atoms with Gasteiger partial charge in [-0.2, -0.15) is 0 Å². The van der Waals surface area contributed by atoms with E-state index in [-0.39, 0.29) is 12.5 Å². The van der Waals surface area contributed by atoms with Crippen LogP contribution in [0.25, 0.3) is 0 Å². The number of carbonyl (C=O) groups is 1. The molecule has 5 nitrogen and oxygen atoms in total. The van der Waals surface area contributed by atoms with Crippen molar-refractivity contribution in [1.82, 2.24) is 4.90 Å². The number of ether oxygens (including phenoxy) is 1. The van der Waals surface area contributed by atoms with Crippen LogP contribution < -0.4 is 15.0 Å². The van der Waals surface area contributed by atoms with Gasteiger partial charge in [0.05, 0.1) is 0 Å². The standard InChI is InChI=1S/C20H23Cl2N3O2/c1-14-9-17(25-7-5-24(2)6-8-25)3-4-19(14)23-20(26)13-27-18-11-15(21)10-16(22)12-18/h3-4,9-12H,5-8,13H2,1-2H3,(H,23,26). The normalized spacial score (nSPS) is 14.9. The second-order valence-corrected chi connectivity index (χ2v) is 7.60. The molecule has 1 aliphatic heterocycles. The first-order valence-corrected chi connectivity index (χ1v) is 9.59. The van der Waals surface area contributed by atoms with E-state index in [9.17, 15) is 4.79 Å². The Morgan fingerprint density at radius 3 is 2.37 bits per heavy atom. The number of nitrogens with one attached hydrogen (secondary N) is 1. The fourth-order valence-electron chi connectivity index (χ4n) is 3.00. The summed E-state index contributed by atoms with van der Waals surface area (Å²) in [5.74, 6) is 0.228. The largest absolute Gasteiger partial charge is 0.484 e. The van der Waals surface area contributed by atoms with E-state index in [2.05, 4.69) is 28.2 Å². The Kier molecular flexibility index (Phi) is 6.47. The molecule has 0 atom stereocenters. The molecule has 1 fully saturated rings. The summed E-state index contributed by atoms with van der Waals surface area (Å²) in [7, 11) is 2.14. The molecule has 0 unspecified atom stereocenters. The minimum atomic E-state index is -0.235. The minimum absolute atomic E-state index is 0.115. The van der Waals surface area contributed by atoms with Crippen LogP contribution in [-0.4, -0.2) is 50.6 Å². The van der Waals surface area contributed by atoms with Crippen LogP contribution in [0.5, 0.6) is 5.75 Å². The van der Waals surface area contributed by atoms with Gasteiger partial charge in [-0.1, -0.05) is 23.2 Å². The van der Waals surface area contributed by atoms with Crippen LogP contribution in [0.4, 0.5) is 11.4 Å². The van der Waals surface area contributed by atoms with E-state index >= 15 is 0 Å². The summed E-state index contributed by atoms with van der Waals surface area (Å²) in [6, 6.07) is 11.0. The van der Waals surface area contributed by atoms with E-state index < -0.39 is 0 Å². The Morgan fingerprint density at radius 1 is 1.07 bits per heavy atom. The lowest BCUT2D eigenvalue weighted by Gasteiger charge is -2.34. The Hall–Kier alpha value is -1.95. The van der Waals surface area contributed by atoms with Gasteiger partial charge in [-0.3, -0.25) is 4.79 Å². The predicted molar refractivity (Wildman–Crippen MR) is 111 cm³/mol. The topological polar surface area (TPSA) is 44.8 Å². The molecular weight excluding hydrogens is 385 g/mol. The van der Waals surface area contributed by atoms with Crippen molar-refractivity contribution >= 4 is 40.5 Å². The van der Waals surface area contributed by atoms with Crippen LogP contribution in [0.15, 0.2) is 36.4 Å². The summed E-state index contributed by atoms with van der Waals surface area (Å²) in [5, 5.41) is 3.82. The van der Waals surface area contributed by atoms with Crippen LogP contribution in [0.2, 0.25) is 10.0 Å². The Morgan fingerprint density at radius 2 is 1.74 bits per heavy atom. The third-order valence-electron chi connectivity index (χ3n) is 4.56. The van der Waals surface area contributed by atoms with Crippen molar-refractivity contribution < 1.29 is 9.53 Å². The van der Waals surface area contributed by atoms with Crippen molar-refractivity contribution in [3.05, 3.63) is 52.0 Å². The lowest BCUT2D eigenvalue weighted by atomic mass is 10.1. The van der Waals surface area contributed by atoms with Gasteiger partial charge >= 0.3 is 0 Å². The van der Waals surface area contributed by atoms with E-state index in [1.165, 1.54) is 5.69 Å². The van der Waals surface area contributed by atoms with Crippen molar-refractivity contribution in [3.8, 4) is 5.75 Å². The number of amides is 1. The highest BCUT2D eigenvalue weighted by Crippen LogP contribution is 2.25. The molecule has 1 saturated heterocycles. The number of aryl methyl sites for hydroxylation is 1. The van der Waals surface area contributed by atoms with Crippen LogP contribution in [0.3, 0.4) is 0 Å². The first kappa shape index (κ1) is 19.8. The molecule has 3 rings (SSSR count). The van der Waals surface area contributed by atoms with Gasteiger partial charge in [0.15, 0.2) is 6.61 Å². The number of likely N-dealkylation sites (N-methyl/N-ethyl adjacent to an activating group) is 1. The van der Waals surface area contributed by atoms with Crippen molar-refractivity contribution in [2.75, 3.05) is 50.1 Å². The molecule has 1 heterocycles. The number of hydrogen-bond acceptors (Lipinski definition) is 4. The predicted octanol–water partition coefficient (Wildman–Crippen LogP) is 4.07. The van der Waals surface area contributed by atoms with Crippen molar-refractivity contribution in [2.24, 2.45) is 0 Å². The first-order valence-electron chi connectivity index (χ1n) is 8.83. The third kappa shape index (κ3) is 5.51. The lowest BCUT2D eigenvalue weighted by Crippen LogP contribution is -2.44. The highest BCUT2D eigenvalue weighted by atomic mass is 35.5. The van der Waals surface area contributed by atoms with Gasteiger partial charge in [0.2, 0.25) is 0 Å². The van der Waals surface area contributed by atoms with Crippen LogP contribution in [0.1, 0.15) is 5.56 Å². The second kappa shape index (κ2) is 8.83. The monoisotopic (exact) mass is 407 g/mol. The fourth-order valence-corrected chi connectivity index (χ4v) is 3.50. The molecule has 144 valence electrons. The van der Waals surface area contributed by atoms with Gasteiger partial charge in [0, 0.05) is 47.6 Å². The highest BCUT2D eigenvalue weighted by molar-refractivity contribution is 6.34. The quantitative estimate of drug-likeness (QED) is 0.810. The van der Waals surface area contributed by atoms with Crippen LogP contribution >= 0.6 is 23.2 Å². The Bertz CT molecular complexity index is 801. The van der Waals surface area contributed by atoms with Crippen LogP contribution in [0, 0.1) is 6.92 Å². The zero-order chi connectivity index (χ0) is 19.4. The summed E-state index contributed by atoms with van der Waals surface area (Å²) in [5.41, 5.74) is 2.99. The maximum atomic E-state index is 12.2. The lowest BCUT2D eigenvalue weighted by molar-refractivity contribution is -0.118. The molecule has 27 heavy (non-hydrogen) atoms. The van der Waals surface area contributed by atoms with Crippen LogP contribution in [-0.2, 0) is 4.79 Å². The Balaban J connectivity index is 1.57.